The van der Waals surface area contributed by atoms with Crippen LogP contribution in [0.2, 0.25) is 0 Å². The average molecular weight is 306 g/mol. The van der Waals surface area contributed by atoms with Gasteiger partial charge in [-0.2, -0.15) is 5.26 Å². The summed E-state index contributed by atoms with van der Waals surface area (Å²) in [5, 5.41) is 9.06. The van der Waals surface area contributed by atoms with Gasteiger partial charge in [-0.25, -0.2) is 13.1 Å². The average Bonchev–Trinajstić information content (AvgIpc) is 2.41. The Kier molecular flexibility index (Phi) is 3.52. The van der Waals surface area contributed by atoms with Crippen molar-refractivity contribution in [2.75, 3.05) is 7.11 Å². The second-order valence-corrected chi connectivity index (χ2v) is 7.51. The lowest BCUT2D eigenvalue weighted by Gasteiger charge is -2.60. The zero-order valence-electron chi connectivity index (χ0n) is 11.9. The van der Waals surface area contributed by atoms with Crippen LogP contribution in [-0.2, 0) is 14.8 Å². The van der Waals surface area contributed by atoms with Crippen LogP contribution in [-0.4, -0.2) is 27.7 Å². The van der Waals surface area contributed by atoms with Crippen LogP contribution in [0.4, 0.5) is 0 Å². The molecule has 0 amide bonds. The number of hydrogen-bond acceptors (Lipinski definition) is 4. The van der Waals surface area contributed by atoms with E-state index in [4.69, 9.17) is 10.00 Å². The molecule has 0 aromatic heterocycles. The zero-order chi connectivity index (χ0) is 15.1. The number of hydrogen-bond donors (Lipinski definition) is 1. The van der Waals surface area contributed by atoms with E-state index in [1.807, 2.05) is 6.07 Å². The number of ether oxygens (including phenoxy) is 1. The van der Waals surface area contributed by atoms with Gasteiger partial charge >= 0.3 is 0 Å². The molecule has 0 heterocycles. The molecule has 0 saturated heterocycles. The molecule has 5 nitrogen and oxygen atoms in total. The molecule has 2 saturated carbocycles. The van der Waals surface area contributed by atoms with Gasteiger partial charge in [0.15, 0.2) is 0 Å². The zero-order valence-corrected chi connectivity index (χ0v) is 12.7. The SMILES string of the molecule is CO[C@H]1C[C@@H](NS(=O)(=O)c2ccccc2C#N)C12CCC2. The highest BCUT2D eigenvalue weighted by molar-refractivity contribution is 7.89. The van der Waals surface area contributed by atoms with Crippen molar-refractivity contribution < 1.29 is 13.2 Å². The van der Waals surface area contributed by atoms with Crippen molar-refractivity contribution in [3.05, 3.63) is 29.8 Å². The van der Waals surface area contributed by atoms with Gasteiger partial charge in [0, 0.05) is 18.6 Å². The van der Waals surface area contributed by atoms with Gasteiger partial charge < -0.3 is 4.74 Å². The van der Waals surface area contributed by atoms with E-state index in [1.54, 1.807) is 19.2 Å². The predicted octanol–water partition coefficient (Wildman–Crippen LogP) is 1.79. The van der Waals surface area contributed by atoms with E-state index in [-0.39, 0.29) is 28.0 Å². The number of methoxy groups -OCH3 is 1. The number of nitriles is 1. The Morgan fingerprint density at radius 2 is 2.10 bits per heavy atom. The summed E-state index contributed by atoms with van der Waals surface area (Å²) in [6.07, 6.45) is 3.96. The third-order valence-corrected chi connectivity index (χ3v) is 6.48. The molecule has 2 atom stereocenters. The van der Waals surface area contributed by atoms with Crippen LogP contribution in [0.1, 0.15) is 31.2 Å². The molecule has 2 aliphatic rings. The summed E-state index contributed by atoms with van der Waals surface area (Å²) < 4.78 is 33.3. The fraction of sp³-hybridized carbons (Fsp3) is 0.533. The largest absolute Gasteiger partial charge is 0.381 e. The summed E-state index contributed by atoms with van der Waals surface area (Å²) in [6.45, 7) is 0. The molecule has 1 aromatic carbocycles. The van der Waals surface area contributed by atoms with Gasteiger partial charge in [-0.3, -0.25) is 0 Å². The van der Waals surface area contributed by atoms with Gasteiger partial charge in [0.25, 0.3) is 0 Å². The first kappa shape index (κ1) is 14.5. The van der Waals surface area contributed by atoms with Crippen molar-refractivity contribution in [2.24, 2.45) is 5.41 Å². The lowest BCUT2D eigenvalue weighted by atomic mass is 9.51. The lowest BCUT2D eigenvalue weighted by molar-refractivity contribution is -0.155. The second-order valence-electron chi connectivity index (χ2n) is 5.83. The molecule has 1 aromatic rings. The number of rotatable bonds is 4. The van der Waals surface area contributed by atoms with Crippen LogP contribution >= 0.6 is 0 Å². The molecular formula is C15H18N2O3S. The Balaban J connectivity index is 1.83. The summed E-state index contributed by atoms with van der Waals surface area (Å²) in [5.74, 6) is 0. The Labute approximate surface area is 125 Å². The van der Waals surface area contributed by atoms with Gasteiger partial charge in [0.2, 0.25) is 10.0 Å². The highest BCUT2D eigenvalue weighted by Gasteiger charge is 2.59. The number of nitrogens with zero attached hydrogens (tertiary/aromatic N) is 1. The van der Waals surface area contributed by atoms with Crippen LogP contribution in [0.3, 0.4) is 0 Å². The molecule has 1 spiro atoms. The van der Waals surface area contributed by atoms with Gasteiger partial charge in [-0.15, -0.1) is 0 Å². The first-order chi connectivity index (χ1) is 10.0. The fourth-order valence-corrected chi connectivity index (χ4v) is 5.04. The van der Waals surface area contributed by atoms with E-state index in [0.29, 0.717) is 6.42 Å². The minimum Gasteiger partial charge on any atom is -0.381 e. The van der Waals surface area contributed by atoms with Crippen LogP contribution in [0.15, 0.2) is 29.2 Å². The van der Waals surface area contributed by atoms with Gasteiger partial charge in [-0.05, 0) is 31.4 Å². The summed E-state index contributed by atoms with van der Waals surface area (Å²) in [4.78, 5) is 0.0582. The van der Waals surface area contributed by atoms with Crippen LogP contribution in [0.5, 0.6) is 0 Å². The molecule has 0 radical (unpaired) electrons. The molecule has 6 heteroatoms. The maximum absolute atomic E-state index is 12.5. The van der Waals surface area contributed by atoms with E-state index in [2.05, 4.69) is 4.72 Å². The lowest BCUT2D eigenvalue weighted by Crippen LogP contribution is -2.67. The molecule has 3 rings (SSSR count). The molecule has 0 unspecified atom stereocenters. The monoisotopic (exact) mass is 306 g/mol. The number of benzene rings is 1. The maximum atomic E-state index is 12.5. The van der Waals surface area contributed by atoms with E-state index < -0.39 is 10.0 Å². The molecular weight excluding hydrogens is 288 g/mol. The minimum absolute atomic E-state index is 0.0383. The Morgan fingerprint density at radius 1 is 1.38 bits per heavy atom. The summed E-state index contributed by atoms with van der Waals surface area (Å²) in [7, 11) is -1.99. The minimum atomic E-state index is -3.67. The van der Waals surface area contributed by atoms with E-state index >= 15 is 0 Å². The summed E-state index contributed by atoms with van der Waals surface area (Å²) >= 11 is 0. The third kappa shape index (κ3) is 2.16. The van der Waals surface area contributed by atoms with Crippen molar-refractivity contribution in [3.63, 3.8) is 0 Å². The molecule has 0 bridgehead atoms. The summed E-state index contributed by atoms with van der Waals surface area (Å²) in [6, 6.07) is 8.13. The van der Waals surface area contributed by atoms with Crippen molar-refractivity contribution in [2.45, 2.75) is 42.7 Å². The Hall–Kier alpha value is -1.42. The Bertz CT molecular complexity index is 689. The first-order valence-corrected chi connectivity index (χ1v) is 8.56. The van der Waals surface area contributed by atoms with Crippen molar-refractivity contribution in [1.82, 2.24) is 4.72 Å². The highest BCUT2D eigenvalue weighted by atomic mass is 32.2. The topological polar surface area (TPSA) is 79.2 Å². The van der Waals surface area contributed by atoms with E-state index in [1.165, 1.54) is 12.1 Å². The smallest absolute Gasteiger partial charge is 0.242 e. The van der Waals surface area contributed by atoms with Crippen molar-refractivity contribution in [3.8, 4) is 6.07 Å². The van der Waals surface area contributed by atoms with Crippen molar-refractivity contribution in [1.29, 1.82) is 5.26 Å². The first-order valence-electron chi connectivity index (χ1n) is 7.08. The van der Waals surface area contributed by atoms with Crippen LogP contribution < -0.4 is 4.72 Å². The second kappa shape index (κ2) is 5.09. The van der Waals surface area contributed by atoms with Crippen molar-refractivity contribution >= 4 is 10.0 Å². The normalized spacial score (nSPS) is 26.7. The summed E-state index contributed by atoms with van der Waals surface area (Å²) in [5.41, 5.74) is 0.138. The third-order valence-electron chi connectivity index (χ3n) is 4.95. The van der Waals surface area contributed by atoms with E-state index in [9.17, 15) is 8.42 Å². The standard InChI is InChI=1S/C15H18N2O3S/c1-20-14-9-13(15(14)7-4-8-15)17-21(18,19)12-6-3-2-5-11(12)10-16/h2-3,5-6,13-14,17H,4,7-9H2,1H3/t13-,14+/m1/s1. The highest BCUT2D eigenvalue weighted by Crippen LogP contribution is 2.57. The fourth-order valence-electron chi connectivity index (χ4n) is 3.54. The van der Waals surface area contributed by atoms with E-state index in [0.717, 1.165) is 19.3 Å². The number of nitrogens with one attached hydrogen (secondary N) is 1. The molecule has 1 N–H and O–H groups in total. The predicted molar refractivity (Wildman–Crippen MR) is 77.0 cm³/mol. The molecule has 21 heavy (non-hydrogen) atoms. The molecule has 2 fully saturated rings. The maximum Gasteiger partial charge on any atom is 0.242 e. The van der Waals surface area contributed by atoms with Crippen LogP contribution in [0, 0.1) is 16.7 Å². The Morgan fingerprint density at radius 3 is 2.67 bits per heavy atom. The van der Waals surface area contributed by atoms with Gasteiger partial charge in [0.05, 0.1) is 16.6 Å². The molecule has 112 valence electrons. The molecule has 0 aliphatic heterocycles. The number of sulfonamides is 1. The molecule has 2 aliphatic carbocycles. The van der Waals surface area contributed by atoms with Crippen LogP contribution in [0.25, 0.3) is 0 Å². The quantitative estimate of drug-likeness (QED) is 0.920. The van der Waals surface area contributed by atoms with Gasteiger partial charge in [-0.1, -0.05) is 18.6 Å². The van der Waals surface area contributed by atoms with Gasteiger partial charge in [0.1, 0.15) is 6.07 Å².